The fourth-order valence-electron chi connectivity index (χ4n) is 8.06. The number of nitrogens with zero attached hydrogens (tertiary/aromatic N) is 2. The van der Waals surface area contributed by atoms with E-state index in [0.29, 0.717) is 66.2 Å². The van der Waals surface area contributed by atoms with E-state index in [2.05, 4.69) is 58.9 Å². The number of rotatable bonds is 3. The SMILES string of the molecule is CCC(C)(C)c1cc2oc3cc4c(=O)n(C)c(=O)c4cc3oc2cc1C1CCC(C)(C)c2cc3oc4cc5c(=O)n(C)c(=O)c5cc4oc3cc21. The highest BCUT2D eigenvalue weighted by Crippen LogP contribution is 2.50. The van der Waals surface area contributed by atoms with E-state index in [1.54, 1.807) is 24.3 Å². The van der Waals surface area contributed by atoms with E-state index < -0.39 is 0 Å². The number of hydrogen-bond acceptors (Lipinski definition) is 8. The lowest BCUT2D eigenvalue weighted by Crippen LogP contribution is -2.28. The van der Waals surface area contributed by atoms with Crippen LogP contribution in [0.4, 0.5) is 0 Å². The van der Waals surface area contributed by atoms with Gasteiger partial charge in [0.15, 0.2) is 44.7 Å². The second-order valence-electron chi connectivity index (χ2n) is 15.4. The van der Waals surface area contributed by atoms with Crippen LogP contribution in [0.15, 0.2) is 85.4 Å². The molecular formula is C41H36N2O8. The molecule has 10 heteroatoms. The first-order chi connectivity index (χ1) is 24.2. The molecule has 0 aliphatic heterocycles. The van der Waals surface area contributed by atoms with Gasteiger partial charge in [0.1, 0.15) is 0 Å². The highest BCUT2D eigenvalue weighted by molar-refractivity contribution is 5.96. The van der Waals surface area contributed by atoms with Crippen molar-refractivity contribution in [3.8, 4) is 0 Å². The Hall–Kier alpha value is -5.64. The zero-order chi connectivity index (χ0) is 35.9. The molecule has 0 radical (unpaired) electrons. The maximum atomic E-state index is 12.8. The third kappa shape index (κ3) is 4.34. The van der Waals surface area contributed by atoms with Crippen molar-refractivity contribution in [3.05, 3.63) is 112 Å². The van der Waals surface area contributed by atoms with Crippen LogP contribution in [0.5, 0.6) is 0 Å². The Morgan fingerprint density at radius 1 is 0.608 bits per heavy atom. The smallest absolute Gasteiger partial charge is 0.261 e. The maximum Gasteiger partial charge on any atom is 0.261 e. The molecule has 4 heterocycles. The summed E-state index contributed by atoms with van der Waals surface area (Å²) in [5.74, 6) is -0.0276. The molecule has 1 unspecified atom stereocenters. The second kappa shape index (κ2) is 10.2. The van der Waals surface area contributed by atoms with Crippen LogP contribution in [0, 0.1) is 0 Å². The quantitative estimate of drug-likeness (QED) is 0.171. The Kier molecular flexibility index (Phi) is 6.28. The third-order valence-corrected chi connectivity index (χ3v) is 11.6. The van der Waals surface area contributed by atoms with Gasteiger partial charge in [-0.25, -0.2) is 0 Å². The molecule has 0 spiro atoms. The van der Waals surface area contributed by atoms with Crippen LogP contribution in [-0.4, -0.2) is 9.13 Å². The summed E-state index contributed by atoms with van der Waals surface area (Å²) in [6.45, 7) is 11.1. The van der Waals surface area contributed by atoms with E-state index >= 15 is 0 Å². The summed E-state index contributed by atoms with van der Waals surface area (Å²) in [5, 5.41) is 1.19. The highest BCUT2D eigenvalue weighted by atomic mass is 16.4. The average Bonchev–Trinajstić information content (AvgIpc) is 3.44. The van der Waals surface area contributed by atoms with Crippen LogP contribution >= 0.6 is 0 Å². The van der Waals surface area contributed by atoms with Gasteiger partial charge in [-0.1, -0.05) is 34.6 Å². The molecule has 8 aromatic rings. The van der Waals surface area contributed by atoms with Crippen molar-refractivity contribution < 1.29 is 17.7 Å². The number of aromatic nitrogens is 2. The summed E-state index contributed by atoms with van der Waals surface area (Å²) < 4.78 is 27.9. The van der Waals surface area contributed by atoms with E-state index in [4.69, 9.17) is 17.7 Å². The van der Waals surface area contributed by atoms with E-state index in [9.17, 15) is 19.2 Å². The first kappa shape index (κ1) is 31.3. The predicted molar refractivity (Wildman–Crippen MR) is 197 cm³/mol. The Morgan fingerprint density at radius 2 is 0.980 bits per heavy atom. The first-order valence-corrected chi connectivity index (χ1v) is 17.3. The molecule has 1 aliphatic rings. The number of hydrogen-bond donors (Lipinski definition) is 0. The van der Waals surface area contributed by atoms with Crippen LogP contribution < -0.4 is 22.2 Å². The van der Waals surface area contributed by atoms with Gasteiger partial charge in [0.05, 0.1) is 21.5 Å². The van der Waals surface area contributed by atoms with Crippen molar-refractivity contribution in [2.24, 2.45) is 14.1 Å². The van der Waals surface area contributed by atoms with Gasteiger partial charge >= 0.3 is 0 Å². The van der Waals surface area contributed by atoms with Gasteiger partial charge in [-0.05, 0) is 101 Å². The minimum atomic E-state index is -0.372. The van der Waals surface area contributed by atoms with Crippen LogP contribution in [0.25, 0.3) is 66.2 Å². The summed E-state index contributed by atoms with van der Waals surface area (Å²) in [6.07, 6.45) is 2.65. The van der Waals surface area contributed by atoms with Crippen LogP contribution in [-0.2, 0) is 24.9 Å². The fraction of sp³-hybridized carbons (Fsp3) is 0.317. The molecule has 258 valence electrons. The normalized spacial score (nSPS) is 16.3. The van der Waals surface area contributed by atoms with Gasteiger partial charge in [-0.15, -0.1) is 0 Å². The second-order valence-corrected chi connectivity index (χ2v) is 15.4. The van der Waals surface area contributed by atoms with E-state index in [0.717, 1.165) is 50.7 Å². The van der Waals surface area contributed by atoms with E-state index in [1.165, 1.54) is 14.1 Å². The molecule has 0 fully saturated rings. The molecule has 0 amide bonds. The van der Waals surface area contributed by atoms with Crippen molar-refractivity contribution in [3.63, 3.8) is 0 Å². The van der Waals surface area contributed by atoms with Crippen molar-refractivity contribution >= 4 is 66.2 Å². The maximum absolute atomic E-state index is 12.8. The van der Waals surface area contributed by atoms with Gasteiger partial charge in [0.2, 0.25) is 0 Å². The van der Waals surface area contributed by atoms with Crippen molar-refractivity contribution in [1.29, 1.82) is 0 Å². The van der Waals surface area contributed by atoms with Crippen LogP contribution in [0.2, 0.25) is 0 Å². The Morgan fingerprint density at radius 3 is 1.41 bits per heavy atom. The Labute approximate surface area is 289 Å². The van der Waals surface area contributed by atoms with Gasteiger partial charge in [-0.3, -0.25) is 28.3 Å². The highest BCUT2D eigenvalue weighted by Gasteiger charge is 2.37. The summed E-state index contributed by atoms with van der Waals surface area (Å²) >= 11 is 0. The van der Waals surface area contributed by atoms with Gasteiger partial charge in [0.25, 0.3) is 22.2 Å². The molecule has 1 aliphatic carbocycles. The molecule has 0 saturated heterocycles. The lowest BCUT2D eigenvalue weighted by atomic mass is 9.65. The van der Waals surface area contributed by atoms with Crippen LogP contribution in [0.3, 0.4) is 0 Å². The largest absolute Gasteiger partial charge is 0.449 e. The molecule has 4 aromatic carbocycles. The van der Waals surface area contributed by atoms with Gasteiger partial charge in [0, 0.05) is 20.0 Å². The lowest BCUT2D eigenvalue weighted by Gasteiger charge is -2.39. The number of fused-ring (bicyclic) bond motifs is 7. The van der Waals surface area contributed by atoms with Crippen molar-refractivity contribution in [2.75, 3.05) is 0 Å². The topological polar surface area (TPSA) is 131 Å². The summed E-state index contributed by atoms with van der Waals surface area (Å²) in [5.41, 5.74) is 6.34. The Balaban J connectivity index is 1.29. The molecule has 9 rings (SSSR count). The fourth-order valence-corrected chi connectivity index (χ4v) is 8.06. The van der Waals surface area contributed by atoms with Crippen molar-refractivity contribution in [1.82, 2.24) is 9.13 Å². The van der Waals surface area contributed by atoms with Crippen LogP contribution in [0.1, 0.15) is 82.1 Å². The summed E-state index contributed by atoms with van der Waals surface area (Å²) in [6, 6.07) is 14.6. The minimum absolute atomic E-state index is 0.0276. The van der Waals surface area contributed by atoms with Crippen molar-refractivity contribution in [2.45, 2.75) is 70.6 Å². The molecular weight excluding hydrogens is 648 g/mol. The molecule has 0 saturated carbocycles. The summed E-state index contributed by atoms with van der Waals surface area (Å²) in [4.78, 5) is 51.0. The van der Waals surface area contributed by atoms with Gasteiger partial charge < -0.3 is 17.7 Å². The summed E-state index contributed by atoms with van der Waals surface area (Å²) in [7, 11) is 2.93. The third-order valence-electron chi connectivity index (χ3n) is 11.6. The first-order valence-electron chi connectivity index (χ1n) is 17.3. The van der Waals surface area contributed by atoms with Gasteiger partial charge in [-0.2, -0.15) is 0 Å². The zero-order valence-electron chi connectivity index (χ0n) is 29.5. The average molecular weight is 685 g/mol. The zero-order valence-corrected chi connectivity index (χ0v) is 29.5. The Bertz CT molecular complexity index is 3090. The minimum Gasteiger partial charge on any atom is -0.449 e. The van der Waals surface area contributed by atoms with E-state index in [-0.39, 0.29) is 39.0 Å². The molecule has 10 nitrogen and oxygen atoms in total. The molecule has 51 heavy (non-hydrogen) atoms. The molecule has 0 bridgehead atoms. The number of benzene rings is 4. The molecule has 1 atom stereocenters. The lowest BCUT2D eigenvalue weighted by molar-refractivity contribution is 0.405. The van der Waals surface area contributed by atoms with E-state index in [1.807, 2.05) is 0 Å². The standard InChI is InChI=1S/C41H36N2O8/c1-8-40(2,3)26-17-34-28(48-30-13-22-24(15-32(30)50-34)38(46)42(6)36(22)44)11-20(26)19-9-10-41(4,5)27-18-35-29(12-21(19)27)49-31-14-23-25(16-33(31)51-35)39(47)43(7)37(23)45/h11-19H,8-10H2,1-7H3. The monoisotopic (exact) mass is 684 g/mol. The molecule has 4 aromatic heterocycles. The molecule has 0 N–H and O–H groups in total. The predicted octanol–water partition coefficient (Wildman–Crippen LogP) is 7.99.